The summed E-state index contributed by atoms with van der Waals surface area (Å²) in [6, 6.07) is 1.93. The molecule has 94 valence electrons. The van der Waals surface area contributed by atoms with Gasteiger partial charge in [-0.3, -0.25) is 5.41 Å². The SMILES string of the molecule is Cc1cc(C)c(C(=N)N)c(SC(C)CCO)n1. The summed E-state index contributed by atoms with van der Waals surface area (Å²) >= 11 is 1.56. The lowest BCUT2D eigenvalue weighted by Crippen LogP contribution is -2.16. The molecule has 0 saturated heterocycles. The number of aryl methyl sites for hydroxylation is 2. The van der Waals surface area contributed by atoms with Crippen molar-refractivity contribution in [2.45, 2.75) is 37.5 Å². The first-order chi connectivity index (χ1) is 7.95. The molecule has 0 fully saturated rings. The maximum Gasteiger partial charge on any atom is 0.125 e. The number of thioether (sulfide) groups is 1. The fraction of sp³-hybridized carbons (Fsp3) is 0.500. The molecule has 0 spiro atoms. The van der Waals surface area contributed by atoms with Crippen LogP contribution in [0.15, 0.2) is 11.1 Å². The third-order valence-electron chi connectivity index (χ3n) is 2.43. The Bertz CT molecular complexity index is 420. The van der Waals surface area contributed by atoms with Crippen LogP contribution in [0.5, 0.6) is 0 Å². The highest BCUT2D eigenvalue weighted by molar-refractivity contribution is 7.99. The lowest BCUT2D eigenvalue weighted by Gasteiger charge is -2.14. The maximum absolute atomic E-state index is 8.90. The second-order valence-corrected chi connectivity index (χ2v) is 5.54. The molecule has 1 aromatic heterocycles. The van der Waals surface area contributed by atoms with E-state index in [0.717, 1.165) is 16.3 Å². The Hall–Kier alpha value is -1.07. The number of hydrogen-bond donors (Lipinski definition) is 3. The van der Waals surface area contributed by atoms with E-state index in [2.05, 4.69) is 4.98 Å². The van der Waals surface area contributed by atoms with Crippen LogP contribution in [-0.4, -0.2) is 27.8 Å². The molecule has 0 radical (unpaired) electrons. The largest absolute Gasteiger partial charge is 0.396 e. The van der Waals surface area contributed by atoms with Crippen LogP contribution in [0.4, 0.5) is 0 Å². The molecule has 0 aliphatic heterocycles. The van der Waals surface area contributed by atoms with Crippen LogP contribution in [0.25, 0.3) is 0 Å². The summed E-state index contributed by atoms with van der Waals surface area (Å²) in [6.07, 6.45) is 0.705. The van der Waals surface area contributed by atoms with Crippen LogP contribution < -0.4 is 5.73 Å². The molecule has 0 saturated carbocycles. The van der Waals surface area contributed by atoms with Gasteiger partial charge in [0.05, 0.1) is 5.56 Å². The number of nitrogens with one attached hydrogen (secondary N) is 1. The van der Waals surface area contributed by atoms with Crippen LogP contribution in [0, 0.1) is 19.3 Å². The third kappa shape index (κ3) is 3.71. The van der Waals surface area contributed by atoms with Crippen molar-refractivity contribution < 1.29 is 5.11 Å². The van der Waals surface area contributed by atoms with E-state index in [1.807, 2.05) is 26.8 Å². The number of hydrogen-bond acceptors (Lipinski definition) is 4. The van der Waals surface area contributed by atoms with Gasteiger partial charge >= 0.3 is 0 Å². The summed E-state index contributed by atoms with van der Waals surface area (Å²) in [4.78, 5) is 4.44. The lowest BCUT2D eigenvalue weighted by molar-refractivity contribution is 0.289. The second-order valence-electron chi connectivity index (χ2n) is 4.12. The fourth-order valence-electron chi connectivity index (χ4n) is 1.65. The number of nitrogens with zero attached hydrogens (tertiary/aromatic N) is 1. The van der Waals surface area contributed by atoms with Gasteiger partial charge < -0.3 is 10.8 Å². The van der Waals surface area contributed by atoms with Crippen molar-refractivity contribution in [3.8, 4) is 0 Å². The van der Waals surface area contributed by atoms with Gasteiger partial charge in [0.25, 0.3) is 0 Å². The molecule has 0 aliphatic rings. The molecule has 0 aromatic carbocycles. The number of pyridine rings is 1. The zero-order chi connectivity index (χ0) is 13.0. The third-order valence-corrected chi connectivity index (χ3v) is 3.59. The van der Waals surface area contributed by atoms with Crippen molar-refractivity contribution in [2.75, 3.05) is 6.61 Å². The van der Waals surface area contributed by atoms with Crippen LogP contribution in [-0.2, 0) is 0 Å². The van der Waals surface area contributed by atoms with Gasteiger partial charge in [0.15, 0.2) is 0 Å². The summed E-state index contributed by atoms with van der Waals surface area (Å²) < 4.78 is 0. The Labute approximate surface area is 106 Å². The minimum absolute atomic E-state index is 0.0497. The number of nitrogen functional groups attached to an aromatic ring is 1. The van der Waals surface area contributed by atoms with E-state index in [1.165, 1.54) is 0 Å². The number of aromatic nitrogens is 1. The standard InChI is InChI=1S/C12H19N3OS/c1-7-6-8(2)15-12(10(7)11(13)14)17-9(3)4-5-16/h6,9,16H,4-5H2,1-3H3,(H3,13,14). The van der Waals surface area contributed by atoms with Gasteiger partial charge in [-0.05, 0) is 31.9 Å². The molecule has 17 heavy (non-hydrogen) atoms. The number of rotatable bonds is 5. The van der Waals surface area contributed by atoms with Crippen molar-refractivity contribution in [1.29, 1.82) is 5.41 Å². The van der Waals surface area contributed by atoms with Crippen LogP contribution >= 0.6 is 11.8 Å². The Morgan fingerprint density at radius 2 is 2.24 bits per heavy atom. The molecule has 5 heteroatoms. The highest BCUT2D eigenvalue weighted by atomic mass is 32.2. The molecule has 4 nitrogen and oxygen atoms in total. The first kappa shape index (κ1) is 14.0. The number of nitrogens with two attached hydrogens (primary N) is 1. The number of amidine groups is 1. The maximum atomic E-state index is 8.90. The Morgan fingerprint density at radius 1 is 1.59 bits per heavy atom. The van der Waals surface area contributed by atoms with E-state index in [-0.39, 0.29) is 17.7 Å². The summed E-state index contributed by atoms with van der Waals surface area (Å²) in [5.74, 6) is 0.0497. The van der Waals surface area contributed by atoms with Crippen LogP contribution in [0.1, 0.15) is 30.2 Å². The molecule has 1 unspecified atom stereocenters. The van der Waals surface area contributed by atoms with E-state index in [0.29, 0.717) is 12.0 Å². The molecule has 1 atom stereocenters. The Morgan fingerprint density at radius 3 is 2.76 bits per heavy atom. The van der Waals surface area contributed by atoms with Gasteiger partial charge in [0.2, 0.25) is 0 Å². The van der Waals surface area contributed by atoms with Gasteiger partial charge in [0, 0.05) is 17.6 Å². The van der Waals surface area contributed by atoms with Crippen molar-refractivity contribution >= 4 is 17.6 Å². The fourth-order valence-corrected chi connectivity index (χ4v) is 2.84. The molecular formula is C12H19N3OS. The molecular weight excluding hydrogens is 234 g/mol. The first-order valence-corrected chi connectivity index (χ1v) is 6.43. The molecule has 0 bridgehead atoms. The summed E-state index contributed by atoms with van der Waals surface area (Å²) in [5.41, 5.74) is 8.21. The zero-order valence-electron chi connectivity index (χ0n) is 10.4. The number of aliphatic hydroxyl groups excluding tert-OH is 1. The average Bonchev–Trinajstić information content (AvgIpc) is 2.15. The Kier molecular flexibility index (Phi) is 4.96. The second kappa shape index (κ2) is 6.02. The van der Waals surface area contributed by atoms with E-state index >= 15 is 0 Å². The predicted molar refractivity (Wildman–Crippen MR) is 71.7 cm³/mol. The van der Waals surface area contributed by atoms with E-state index < -0.39 is 0 Å². The highest BCUT2D eigenvalue weighted by Gasteiger charge is 2.14. The molecule has 4 N–H and O–H groups in total. The topological polar surface area (TPSA) is 83.0 Å². The number of aliphatic hydroxyl groups is 1. The molecule has 0 aliphatic carbocycles. The molecule has 1 heterocycles. The molecule has 0 amide bonds. The van der Waals surface area contributed by atoms with E-state index in [1.54, 1.807) is 11.8 Å². The van der Waals surface area contributed by atoms with Gasteiger partial charge in [-0.1, -0.05) is 6.92 Å². The summed E-state index contributed by atoms with van der Waals surface area (Å²) in [5, 5.41) is 17.6. The summed E-state index contributed by atoms with van der Waals surface area (Å²) in [6.45, 7) is 6.06. The normalized spacial score (nSPS) is 12.5. The minimum Gasteiger partial charge on any atom is -0.396 e. The van der Waals surface area contributed by atoms with Crippen molar-refractivity contribution in [3.05, 3.63) is 22.9 Å². The lowest BCUT2D eigenvalue weighted by atomic mass is 10.1. The predicted octanol–water partition coefficient (Wildman–Crippen LogP) is 1.85. The molecule has 1 rings (SSSR count). The van der Waals surface area contributed by atoms with Crippen LogP contribution in [0.2, 0.25) is 0 Å². The van der Waals surface area contributed by atoms with Crippen LogP contribution in [0.3, 0.4) is 0 Å². The minimum atomic E-state index is 0.0497. The van der Waals surface area contributed by atoms with E-state index in [4.69, 9.17) is 16.2 Å². The van der Waals surface area contributed by atoms with Crippen molar-refractivity contribution in [1.82, 2.24) is 4.98 Å². The first-order valence-electron chi connectivity index (χ1n) is 5.55. The smallest absolute Gasteiger partial charge is 0.125 e. The zero-order valence-corrected chi connectivity index (χ0v) is 11.3. The molecule has 1 aromatic rings. The van der Waals surface area contributed by atoms with Gasteiger partial charge in [0.1, 0.15) is 10.9 Å². The van der Waals surface area contributed by atoms with Crippen molar-refractivity contribution in [3.63, 3.8) is 0 Å². The average molecular weight is 253 g/mol. The van der Waals surface area contributed by atoms with Gasteiger partial charge in [-0.2, -0.15) is 0 Å². The highest BCUT2D eigenvalue weighted by Crippen LogP contribution is 2.28. The van der Waals surface area contributed by atoms with Gasteiger partial charge in [-0.25, -0.2) is 4.98 Å². The summed E-state index contributed by atoms with van der Waals surface area (Å²) in [7, 11) is 0. The van der Waals surface area contributed by atoms with E-state index in [9.17, 15) is 0 Å². The van der Waals surface area contributed by atoms with Crippen molar-refractivity contribution in [2.24, 2.45) is 5.73 Å². The monoisotopic (exact) mass is 253 g/mol. The quantitative estimate of drug-likeness (QED) is 0.425. The Balaban J connectivity index is 3.08. The van der Waals surface area contributed by atoms with Gasteiger partial charge in [-0.15, -0.1) is 11.8 Å².